The van der Waals surface area contributed by atoms with E-state index in [2.05, 4.69) is 65.1 Å². The van der Waals surface area contributed by atoms with Gasteiger partial charge >= 0.3 is 0 Å². The molecule has 1 N–H and O–H groups in total. The van der Waals surface area contributed by atoms with Crippen LogP contribution in [0.25, 0.3) is 0 Å². The van der Waals surface area contributed by atoms with Crippen molar-refractivity contribution in [3.8, 4) is 0 Å². The van der Waals surface area contributed by atoms with E-state index in [0.29, 0.717) is 6.61 Å². The minimum atomic E-state index is 0. The van der Waals surface area contributed by atoms with E-state index < -0.39 is 0 Å². The second kappa shape index (κ2) is 57.2. The van der Waals surface area contributed by atoms with Crippen LogP contribution in [-0.4, -0.2) is 26.3 Å². The molecule has 0 amide bonds. The van der Waals surface area contributed by atoms with Crippen LogP contribution in [-0.2, 0) is 95.4 Å². The SMILES string of the molecule is C.CCCc1cc[c-]cc1.[CH2-]CC.[CH2-]CNCCC.[CH2-]COCCC.[W].[W].[W].[W]. The molecule has 1 rings (SSSR count). The molecule has 0 fully saturated rings. The number of rotatable bonds is 8. The van der Waals surface area contributed by atoms with Gasteiger partial charge in [0.05, 0.1) is 0 Å². The summed E-state index contributed by atoms with van der Waals surface area (Å²) in [6.45, 7) is 22.4. The second-order valence-electron chi connectivity index (χ2n) is 5.02. The Hall–Kier alpha value is 1.89. The minimum Gasteiger partial charge on any atom is -0.413 e. The van der Waals surface area contributed by atoms with Crippen LogP contribution in [0.15, 0.2) is 24.3 Å². The van der Waals surface area contributed by atoms with E-state index in [9.17, 15) is 0 Å². The van der Waals surface area contributed by atoms with Gasteiger partial charge in [-0.2, -0.15) is 42.3 Å². The third kappa shape index (κ3) is 65.2. The topological polar surface area (TPSA) is 21.3 Å². The van der Waals surface area contributed by atoms with Gasteiger partial charge in [0.1, 0.15) is 0 Å². The van der Waals surface area contributed by atoms with Crippen molar-refractivity contribution >= 4 is 0 Å². The monoisotopic (exact) mass is 1090 g/mol. The Morgan fingerprint density at radius 2 is 1.34 bits per heavy atom. The largest absolute Gasteiger partial charge is 0.413 e. The molecule has 0 heterocycles. The van der Waals surface area contributed by atoms with Crippen molar-refractivity contribution in [3.63, 3.8) is 0 Å². The van der Waals surface area contributed by atoms with Crippen LogP contribution in [0.3, 0.4) is 0 Å². The summed E-state index contributed by atoms with van der Waals surface area (Å²) >= 11 is 0. The van der Waals surface area contributed by atoms with Crippen LogP contribution >= 0.6 is 0 Å². The first kappa shape index (κ1) is 52.7. The molecule has 0 aromatic heterocycles. The van der Waals surface area contributed by atoms with Gasteiger partial charge in [0, 0.05) is 90.9 Å². The first-order valence-corrected chi connectivity index (χ1v) is 9.29. The summed E-state index contributed by atoms with van der Waals surface area (Å²) in [4.78, 5) is 0. The van der Waals surface area contributed by atoms with E-state index in [1.165, 1.54) is 24.8 Å². The molecule has 0 unspecified atom stereocenters. The fourth-order valence-corrected chi connectivity index (χ4v) is 1.42. The third-order valence-electron chi connectivity index (χ3n) is 2.42. The Labute approximate surface area is 242 Å². The molecule has 6 heteroatoms. The molecule has 0 radical (unpaired) electrons. The van der Waals surface area contributed by atoms with E-state index in [1.807, 2.05) is 19.1 Å². The zero-order chi connectivity index (χ0) is 18.9. The summed E-state index contributed by atoms with van der Waals surface area (Å²) < 4.78 is 4.87. The average Bonchev–Trinajstić information content (AvgIpc) is 2.61. The van der Waals surface area contributed by atoms with Crippen molar-refractivity contribution < 1.29 is 89.0 Å². The Bertz CT molecular complexity index is 275. The van der Waals surface area contributed by atoms with Gasteiger partial charge in [-0.05, 0) is 19.4 Å². The van der Waals surface area contributed by atoms with Gasteiger partial charge in [-0.3, -0.25) is 0 Å². The van der Waals surface area contributed by atoms with Crippen molar-refractivity contribution in [2.45, 2.75) is 67.2 Å². The molecule has 2 nitrogen and oxygen atoms in total. The number of hydrogen-bond acceptors (Lipinski definition) is 2. The van der Waals surface area contributed by atoms with Gasteiger partial charge in [-0.25, -0.2) is 0 Å². The van der Waals surface area contributed by atoms with Crippen LogP contribution in [0.5, 0.6) is 0 Å². The van der Waals surface area contributed by atoms with Crippen LogP contribution in [0.2, 0.25) is 0 Å². The van der Waals surface area contributed by atoms with E-state index in [4.69, 9.17) is 4.74 Å². The zero-order valence-corrected chi connectivity index (χ0v) is 30.1. The van der Waals surface area contributed by atoms with Gasteiger partial charge in [-0.1, -0.05) is 54.6 Å². The quantitative estimate of drug-likeness (QED) is 0.242. The van der Waals surface area contributed by atoms with Gasteiger partial charge in [0.2, 0.25) is 0 Å². The summed E-state index contributed by atoms with van der Waals surface area (Å²) in [5.41, 5.74) is 1.41. The molecular weight excluding hydrogens is 1040 g/mol. The number of nitrogens with one attached hydrogen (secondary N) is 1. The predicted molar refractivity (Wildman–Crippen MR) is 117 cm³/mol. The first-order valence-electron chi connectivity index (χ1n) is 9.29. The smallest absolute Gasteiger partial charge is 0.0427 e. The summed E-state index contributed by atoms with van der Waals surface area (Å²) in [5, 5.41) is 3.09. The Morgan fingerprint density at radius 1 is 0.862 bits per heavy atom. The summed E-state index contributed by atoms with van der Waals surface area (Å²) in [6.07, 6.45) is 5.71. The molecule has 0 aliphatic heterocycles. The molecule has 0 spiro atoms. The predicted octanol–water partition coefficient (Wildman–Crippen LogP) is 6.36. The minimum absolute atomic E-state index is 0. The van der Waals surface area contributed by atoms with Crippen molar-refractivity contribution in [3.05, 3.63) is 56.7 Å². The maximum absolute atomic E-state index is 4.87. The molecule has 0 aliphatic carbocycles. The zero-order valence-electron chi connectivity index (χ0n) is 18.3. The Balaban J connectivity index is -0.0000000337. The molecule has 176 valence electrons. The van der Waals surface area contributed by atoms with Gasteiger partial charge < -0.3 is 30.8 Å². The van der Waals surface area contributed by atoms with Crippen LogP contribution in [0.4, 0.5) is 0 Å². The van der Waals surface area contributed by atoms with Gasteiger partial charge in [0.25, 0.3) is 0 Å². The second-order valence-corrected chi connectivity index (χ2v) is 5.02. The van der Waals surface area contributed by atoms with E-state index in [0.717, 1.165) is 32.5 Å². The Morgan fingerprint density at radius 3 is 1.59 bits per heavy atom. The summed E-state index contributed by atoms with van der Waals surface area (Å²) in [7, 11) is 0. The van der Waals surface area contributed by atoms with Crippen molar-refractivity contribution in [2.75, 3.05) is 26.3 Å². The fraction of sp³-hybridized carbons (Fsp3) is 0.609. The molecule has 1 aromatic rings. The number of ether oxygens (including phenoxy) is 1. The van der Waals surface area contributed by atoms with Gasteiger partial charge in [-0.15, -0.1) is 6.54 Å². The molecule has 0 atom stereocenters. The summed E-state index contributed by atoms with van der Waals surface area (Å²) in [6, 6.07) is 11.1. The van der Waals surface area contributed by atoms with E-state index in [-0.39, 0.29) is 91.7 Å². The molecular formula is C23H45NOW4-4. The molecule has 1 aromatic carbocycles. The third-order valence-corrected chi connectivity index (χ3v) is 2.42. The van der Waals surface area contributed by atoms with E-state index in [1.54, 1.807) is 0 Å². The first-order chi connectivity index (χ1) is 11.7. The van der Waals surface area contributed by atoms with E-state index >= 15 is 0 Å². The van der Waals surface area contributed by atoms with Crippen molar-refractivity contribution in [1.82, 2.24) is 5.32 Å². The average molecular weight is 1090 g/mol. The van der Waals surface area contributed by atoms with Crippen LogP contribution in [0.1, 0.15) is 66.4 Å². The normalized spacial score (nSPS) is 7.28. The van der Waals surface area contributed by atoms with Crippen molar-refractivity contribution in [2.24, 2.45) is 0 Å². The molecule has 0 bridgehead atoms. The number of hydrogen-bond donors (Lipinski definition) is 1. The number of aryl methyl sites for hydroxylation is 1. The number of benzene rings is 1. The molecule has 0 saturated carbocycles. The van der Waals surface area contributed by atoms with Gasteiger partial charge in [0.15, 0.2) is 0 Å². The molecule has 0 aliphatic rings. The maximum Gasteiger partial charge on any atom is 0.0427 e. The Kier molecular flexibility index (Phi) is 104. The van der Waals surface area contributed by atoms with Crippen LogP contribution < -0.4 is 5.32 Å². The molecule has 0 saturated heterocycles. The fourth-order valence-electron chi connectivity index (χ4n) is 1.42. The van der Waals surface area contributed by atoms with Crippen LogP contribution in [0, 0.1) is 26.8 Å². The summed E-state index contributed by atoms with van der Waals surface area (Å²) in [5.74, 6) is 0. The molecule has 29 heavy (non-hydrogen) atoms. The standard InChI is InChI=1S/C9H11.C5H12N.C5H11O.C3H7.CH4.4W/c1-2-6-9-7-4-3-5-8-9;2*1-3-5-6-4-2;1-3-2;;;;;/h4-5,7-8H,2,6H2,1H3;6H,2-5H2,1H3;2-5H2,1H3;1,3H2,2H3;1H4;;;;/q4*-1;;;;;. The maximum atomic E-state index is 4.87. The van der Waals surface area contributed by atoms with Crippen molar-refractivity contribution in [1.29, 1.82) is 0 Å².